The van der Waals surface area contributed by atoms with Gasteiger partial charge in [0.1, 0.15) is 5.69 Å². The van der Waals surface area contributed by atoms with Gasteiger partial charge in [-0.25, -0.2) is 4.98 Å². The Morgan fingerprint density at radius 2 is 1.96 bits per heavy atom. The zero-order valence-corrected chi connectivity index (χ0v) is 15.9. The number of anilines is 2. The fourth-order valence-electron chi connectivity index (χ4n) is 2.76. The van der Waals surface area contributed by atoms with Gasteiger partial charge in [-0.1, -0.05) is 23.8 Å². The second-order valence-corrected chi connectivity index (χ2v) is 6.91. The maximum absolute atomic E-state index is 12.5. The number of aryl methyl sites for hydroxylation is 2. The number of hydrogen-bond acceptors (Lipinski definition) is 6. The normalized spacial score (nSPS) is 10.5. The maximum Gasteiger partial charge on any atom is 0.293 e. The summed E-state index contributed by atoms with van der Waals surface area (Å²) in [5.74, 6) is -0.442. The van der Waals surface area contributed by atoms with Gasteiger partial charge in [0.15, 0.2) is 5.13 Å². The number of nitrogens with zero attached hydrogens (tertiary/aromatic N) is 2. The average Bonchev–Trinajstić information content (AvgIpc) is 3.09. The van der Waals surface area contributed by atoms with Crippen LogP contribution in [0.1, 0.15) is 21.5 Å². The van der Waals surface area contributed by atoms with E-state index in [0.29, 0.717) is 10.8 Å². The first-order chi connectivity index (χ1) is 12.9. The molecule has 0 fully saturated rings. The summed E-state index contributed by atoms with van der Waals surface area (Å²) in [5.41, 5.74) is 4.46. The molecule has 138 valence electrons. The van der Waals surface area contributed by atoms with Crippen molar-refractivity contribution in [2.45, 2.75) is 13.8 Å². The topological polar surface area (TPSA) is 97.2 Å². The van der Waals surface area contributed by atoms with Gasteiger partial charge >= 0.3 is 0 Å². The molecule has 0 radical (unpaired) electrons. The molecule has 1 heterocycles. The molecular weight excluding hydrogens is 364 g/mol. The Morgan fingerprint density at radius 3 is 2.63 bits per heavy atom. The van der Waals surface area contributed by atoms with Crippen LogP contribution in [0.25, 0.3) is 11.3 Å². The third-order valence-corrected chi connectivity index (χ3v) is 4.87. The molecule has 2 N–H and O–H groups in total. The smallest absolute Gasteiger partial charge is 0.293 e. The number of nitrogens with one attached hydrogen (secondary N) is 2. The SMILES string of the molecule is CNc1ccc(C(=O)Nc2nc(-c3ccc(C)cc3C)cs2)cc1[N+](=O)[O-]. The van der Waals surface area contributed by atoms with Crippen molar-refractivity contribution >= 4 is 33.8 Å². The van der Waals surface area contributed by atoms with Crippen LogP contribution in [0, 0.1) is 24.0 Å². The molecule has 1 aromatic heterocycles. The van der Waals surface area contributed by atoms with Crippen LogP contribution in [0.5, 0.6) is 0 Å². The van der Waals surface area contributed by atoms with Crippen molar-refractivity contribution in [2.24, 2.45) is 0 Å². The summed E-state index contributed by atoms with van der Waals surface area (Å²) in [4.78, 5) is 27.6. The molecule has 0 atom stereocenters. The Bertz CT molecular complexity index is 1030. The minimum Gasteiger partial charge on any atom is -0.383 e. The molecule has 3 aromatic rings. The first-order valence-electron chi connectivity index (χ1n) is 8.19. The van der Waals surface area contributed by atoms with Crippen molar-refractivity contribution < 1.29 is 9.72 Å². The number of hydrogen-bond donors (Lipinski definition) is 2. The van der Waals surface area contributed by atoms with Crippen LogP contribution >= 0.6 is 11.3 Å². The van der Waals surface area contributed by atoms with E-state index in [0.717, 1.165) is 16.8 Å². The highest BCUT2D eigenvalue weighted by atomic mass is 32.1. The van der Waals surface area contributed by atoms with Gasteiger partial charge in [-0.05, 0) is 31.5 Å². The summed E-state index contributed by atoms with van der Waals surface area (Å²) in [6.07, 6.45) is 0. The first kappa shape index (κ1) is 18.5. The Balaban J connectivity index is 1.82. The molecule has 8 heteroatoms. The third kappa shape index (κ3) is 3.95. The van der Waals surface area contributed by atoms with E-state index in [2.05, 4.69) is 21.7 Å². The number of thiazole rings is 1. The van der Waals surface area contributed by atoms with E-state index < -0.39 is 10.8 Å². The maximum atomic E-state index is 12.5. The van der Waals surface area contributed by atoms with E-state index in [1.165, 1.54) is 35.1 Å². The second-order valence-electron chi connectivity index (χ2n) is 6.05. The highest BCUT2D eigenvalue weighted by molar-refractivity contribution is 7.14. The van der Waals surface area contributed by atoms with Gasteiger partial charge in [-0.15, -0.1) is 11.3 Å². The van der Waals surface area contributed by atoms with Crippen LogP contribution in [-0.2, 0) is 0 Å². The Labute approximate surface area is 160 Å². The predicted molar refractivity (Wildman–Crippen MR) is 108 cm³/mol. The number of benzene rings is 2. The van der Waals surface area contributed by atoms with Gasteiger partial charge in [0.2, 0.25) is 0 Å². The summed E-state index contributed by atoms with van der Waals surface area (Å²) in [5, 5.41) is 18.9. The monoisotopic (exact) mass is 382 g/mol. The molecule has 0 aliphatic rings. The number of aromatic nitrogens is 1. The van der Waals surface area contributed by atoms with E-state index in [4.69, 9.17) is 0 Å². The van der Waals surface area contributed by atoms with Crippen molar-refractivity contribution in [3.05, 3.63) is 68.6 Å². The Kier molecular flexibility index (Phi) is 5.18. The first-order valence-corrected chi connectivity index (χ1v) is 9.07. The van der Waals surface area contributed by atoms with E-state index in [9.17, 15) is 14.9 Å². The lowest BCUT2D eigenvalue weighted by atomic mass is 10.0. The van der Waals surface area contributed by atoms with Crippen LogP contribution in [-0.4, -0.2) is 22.9 Å². The molecule has 27 heavy (non-hydrogen) atoms. The molecular formula is C19H18N4O3S. The lowest BCUT2D eigenvalue weighted by Gasteiger charge is -2.06. The molecule has 0 bridgehead atoms. The number of carbonyl (C=O) groups is 1. The highest BCUT2D eigenvalue weighted by Crippen LogP contribution is 2.29. The summed E-state index contributed by atoms with van der Waals surface area (Å²) in [6.45, 7) is 4.05. The second kappa shape index (κ2) is 7.55. The molecule has 3 rings (SSSR count). The van der Waals surface area contributed by atoms with Crippen LogP contribution in [0.2, 0.25) is 0 Å². The van der Waals surface area contributed by atoms with Gasteiger partial charge in [0.25, 0.3) is 11.6 Å². The predicted octanol–water partition coefficient (Wildman–Crippen LogP) is 4.63. The van der Waals surface area contributed by atoms with Crippen molar-refractivity contribution in [3.63, 3.8) is 0 Å². The Morgan fingerprint density at radius 1 is 1.19 bits per heavy atom. The molecule has 7 nitrogen and oxygen atoms in total. The summed E-state index contributed by atoms with van der Waals surface area (Å²) < 4.78 is 0. The van der Waals surface area contributed by atoms with E-state index in [-0.39, 0.29) is 11.3 Å². The van der Waals surface area contributed by atoms with Crippen molar-refractivity contribution in [3.8, 4) is 11.3 Å². The van der Waals surface area contributed by atoms with Gasteiger partial charge in [0.05, 0.1) is 10.6 Å². The molecule has 2 aromatic carbocycles. The summed E-state index contributed by atoms with van der Waals surface area (Å²) in [6, 6.07) is 10.4. The highest BCUT2D eigenvalue weighted by Gasteiger charge is 2.18. The van der Waals surface area contributed by atoms with Gasteiger partial charge in [-0.3, -0.25) is 20.2 Å². The van der Waals surface area contributed by atoms with Gasteiger partial charge in [-0.2, -0.15) is 0 Å². The van der Waals surface area contributed by atoms with E-state index >= 15 is 0 Å². The standard InChI is InChI=1S/C19H18N4O3S/c1-11-4-6-14(12(2)8-11)16-10-27-19(21-16)22-18(24)13-5-7-15(20-3)17(9-13)23(25)26/h4-10,20H,1-3H3,(H,21,22,24). The molecule has 0 saturated carbocycles. The number of rotatable bonds is 5. The molecule has 0 aliphatic heterocycles. The molecule has 0 saturated heterocycles. The zero-order valence-electron chi connectivity index (χ0n) is 15.1. The van der Waals surface area contributed by atoms with Crippen LogP contribution in [0.3, 0.4) is 0 Å². The number of nitro benzene ring substituents is 1. The number of amides is 1. The van der Waals surface area contributed by atoms with Crippen LogP contribution in [0.4, 0.5) is 16.5 Å². The van der Waals surface area contributed by atoms with Crippen molar-refractivity contribution in [1.82, 2.24) is 4.98 Å². The summed E-state index contributed by atoms with van der Waals surface area (Å²) in [7, 11) is 1.59. The minimum absolute atomic E-state index is 0.153. The average molecular weight is 382 g/mol. The zero-order chi connectivity index (χ0) is 19.6. The number of nitro groups is 1. The lowest BCUT2D eigenvalue weighted by Crippen LogP contribution is -2.12. The number of carbonyl (C=O) groups excluding carboxylic acids is 1. The fourth-order valence-corrected chi connectivity index (χ4v) is 3.47. The van der Waals surface area contributed by atoms with Gasteiger partial charge < -0.3 is 5.32 Å². The van der Waals surface area contributed by atoms with Crippen LogP contribution in [0.15, 0.2) is 41.8 Å². The molecule has 1 amide bonds. The quantitative estimate of drug-likeness (QED) is 0.495. The Hall–Kier alpha value is -3.26. The van der Waals surface area contributed by atoms with Gasteiger partial charge in [0, 0.05) is 29.6 Å². The third-order valence-electron chi connectivity index (χ3n) is 4.11. The molecule has 0 unspecified atom stereocenters. The van der Waals surface area contributed by atoms with Crippen molar-refractivity contribution in [2.75, 3.05) is 17.7 Å². The van der Waals surface area contributed by atoms with E-state index in [1.54, 1.807) is 7.05 Å². The molecule has 0 aliphatic carbocycles. The minimum atomic E-state index is -0.524. The molecule has 0 spiro atoms. The van der Waals surface area contributed by atoms with Crippen molar-refractivity contribution in [1.29, 1.82) is 0 Å². The largest absolute Gasteiger partial charge is 0.383 e. The van der Waals surface area contributed by atoms with E-state index in [1.807, 2.05) is 31.4 Å². The fraction of sp³-hybridized carbons (Fsp3) is 0.158. The van der Waals surface area contributed by atoms with Crippen LogP contribution < -0.4 is 10.6 Å². The lowest BCUT2D eigenvalue weighted by molar-refractivity contribution is -0.384. The summed E-state index contributed by atoms with van der Waals surface area (Å²) >= 11 is 1.31.